The Morgan fingerprint density at radius 1 is 1.64 bits per heavy atom. The number of nitrogens with two attached hydrogens (primary N) is 1. The van der Waals surface area contributed by atoms with E-state index in [-0.39, 0.29) is 5.91 Å². The van der Waals surface area contributed by atoms with Gasteiger partial charge < -0.3 is 15.2 Å². The Bertz CT molecular complexity index is 306. The zero-order valence-corrected chi connectivity index (χ0v) is 8.60. The molecule has 0 bridgehead atoms. The Hall–Kier alpha value is -1.36. The van der Waals surface area contributed by atoms with Gasteiger partial charge in [0.15, 0.2) is 0 Å². The molecule has 78 valence electrons. The normalized spacial score (nSPS) is 10.2. The molecule has 0 aliphatic heterocycles. The van der Waals surface area contributed by atoms with Crippen LogP contribution in [0.25, 0.3) is 0 Å². The molecule has 1 amide bonds. The van der Waals surface area contributed by atoms with E-state index in [1.165, 1.54) is 0 Å². The molecule has 5 heteroatoms. The van der Waals surface area contributed by atoms with Crippen molar-refractivity contribution in [3.63, 3.8) is 0 Å². The number of carbonyl (C=O) groups excluding carboxylic acids is 1. The Kier molecular flexibility index (Phi) is 3.64. The van der Waals surface area contributed by atoms with E-state index in [1.54, 1.807) is 31.5 Å². The van der Waals surface area contributed by atoms with Gasteiger partial charge in [0, 0.05) is 39.8 Å². The van der Waals surface area contributed by atoms with Gasteiger partial charge in [0.05, 0.1) is 12.0 Å². The molecule has 0 spiro atoms. The number of carbonyl (C=O) groups is 1. The van der Waals surface area contributed by atoms with Crippen LogP contribution in [0.4, 0.5) is 0 Å². The fraction of sp³-hybridized carbons (Fsp3) is 0.556. The summed E-state index contributed by atoms with van der Waals surface area (Å²) in [6, 6.07) is 0. The third kappa shape index (κ3) is 2.56. The summed E-state index contributed by atoms with van der Waals surface area (Å²) in [4.78, 5) is 16.9. The largest absolute Gasteiger partial charge is 0.349 e. The molecule has 0 aliphatic carbocycles. The van der Waals surface area contributed by atoms with Gasteiger partial charge >= 0.3 is 0 Å². The van der Waals surface area contributed by atoms with Gasteiger partial charge in [-0.25, -0.2) is 4.98 Å². The lowest BCUT2D eigenvalue weighted by Crippen LogP contribution is -2.23. The van der Waals surface area contributed by atoms with Gasteiger partial charge in [-0.2, -0.15) is 0 Å². The summed E-state index contributed by atoms with van der Waals surface area (Å²) < 4.78 is 1.90. The molecule has 0 fully saturated rings. The van der Waals surface area contributed by atoms with E-state index < -0.39 is 0 Å². The molecular formula is C9H16N4O. The summed E-state index contributed by atoms with van der Waals surface area (Å²) in [5.74, 6) is 0.113. The van der Waals surface area contributed by atoms with Gasteiger partial charge in [-0.05, 0) is 0 Å². The lowest BCUT2D eigenvalue weighted by molar-refractivity contribution is -0.128. The van der Waals surface area contributed by atoms with Crippen LogP contribution < -0.4 is 5.73 Å². The van der Waals surface area contributed by atoms with Crippen molar-refractivity contribution in [1.82, 2.24) is 14.5 Å². The highest BCUT2D eigenvalue weighted by atomic mass is 16.2. The standard InChI is InChI=1S/C9H16N4O/c1-12(2)9(14)3-4-13-7-11-6-8(13)5-10/h6-7H,3-5,10H2,1-2H3. The molecule has 0 saturated heterocycles. The molecule has 0 unspecified atom stereocenters. The fourth-order valence-corrected chi connectivity index (χ4v) is 1.16. The molecule has 1 heterocycles. The fourth-order valence-electron chi connectivity index (χ4n) is 1.16. The Morgan fingerprint density at radius 3 is 2.93 bits per heavy atom. The van der Waals surface area contributed by atoms with Crippen LogP contribution in [0.15, 0.2) is 12.5 Å². The monoisotopic (exact) mass is 196 g/mol. The van der Waals surface area contributed by atoms with Crippen LogP contribution >= 0.6 is 0 Å². The lowest BCUT2D eigenvalue weighted by Gasteiger charge is -2.11. The van der Waals surface area contributed by atoms with Crippen molar-refractivity contribution in [3.8, 4) is 0 Å². The third-order valence-corrected chi connectivity index (χ3v) is 2.07. The summed E-state index contributed by atoms with van der Waals surface area (Å²) in [5, 5.41) is 0. The molecule has 2 N–H and O–H groups in total. The second-order valence-electron chi connectivity index (χ2n) is 3.32. The third-order valence-electron chi connectivity index (χ3n) is 2.07. The van der Waals surface area contributed by atoms with E-state index in [0.29, 0.717) is 19.5 Å². The number of hydrogen-bond donors (Lipinski definition) is 1. The first kappa shape index (κ1) is 10.7. The van der Waals surface area contributed by atoms with Crippen LogP contribution in [0.2, 0.25) is 0 Å². The van der Waals surface area contributed by atoms with Crippen molar-refractivity contribution in [1.29, 1.82) is 0 Å². The zero-order chi connectivity index (χ0) is 10.6. The van der Waals surface area contributed by atoms with E-state index >= 15 is 0 Å². The number of imidazole rings is 1. The van der Waals surface area contributed by atoms with Crippen molar-refractivity contribution in [3.05, 3.63) is 18.2 Å². The SMILES string of the molecule is CN(C)C(=O)CCn1cncc1CN. The minimum absolute atomic E-state index is 0.113. The molecule has 0 radical (unpaired) electrons. The quantitative estimate of drug-likeness (QED) is 0.726. The minimum atomic E-state index is 0.113. The van der Waals surface area contributed by atoms with Crippen LogP contribution in [0, 0.1) is 0 Å². The maximum atomic E-state index is 11.3. The van der Waals surface area contributed by atoms with Crippen molar-refractivity contribution in [2.45, 2.75) is 19.5 Å². The highest BCUT2D eigenvalue weighted by molar-refractivity contribution is 5.75. The number of amides is 1. The first-order chi connectivity index (χ1) is 6.65. The zero-order valence-electron chi connectivity index (χ0n) is 8.60. The average Bonchev–Trinajstić information content (AvgIpc) is 2.60. The van der Waals surface area contributed by atoms with Gasteiger partial charge in [0.2, 0.25) is 5.91 Å². The first-order valence-electron chi connectivity index (χ1n) is 4.54. The van der Waals surface area contributed by atoms with Crippen LogP contribution in [-0.4, -0.2) is 34.5 Å². The van der Waals surface area contributed by atoms with Crippen LogP contribution in [0.1, 0.15) is 12.1 Å². The average molecular weight is 196 g/mol. The molecule has 0 aliphatic rings. The number of rotatable bonds is 4. The van der Waals surface area contributed by atoms with Gasteiger partial charge in [0.25, 0.3) is 0 Å². The Labute approximate surface area is 83.5 Å². The topological polar surface area (TPSA) is 64.2 Å². The van der Waals surface area contributed by atoms with Crippen molar-refractivity contribution >= 4 is 5.91 Å². The van der Waals surface area contributed by atoms with Crippen LogP contribution in [-0.2, 0) is 17.9 Å². The Morgan fingerprint density at radius 2 is 2.36 bits per heavy atom. The van der Waals surface area contributed by atoms with Crippen molar-refractivity contribution in [2.75, 3.05) is 14.1 Å². The maximum absolute atomic E-state index is 11.3. The summed E-state index contributed by atoms with van der Waals surface area (Å²) in [5.41, 5.74) is 6.46. The second kappa shape index (κ2) is 4.76. The number of aromatic nitrogens is 2. The molecule has 1 aromatic heterocycles. The predicted octanol–water partition coefficient (Wildman–Crippen LogP) is -0.180. The van der Waals surface area contributed by atoms with Gasteiger partial charge in [0.1, 0.15) is 0 Å². The smallest absolute Gasteiger partial charge is 0.223 e. The van der Waals surface area contributed by atoms with Crippen LogP contribution in [0.3, 0.4) is 0 Å². The molecular weight excluding hydrogens is 180 g/mol. The maximum Gasteiger partial charge on any atom is 0.223 e. The van der Waals surface area contributed by atoms with Gasteiger partial charge in [-0.3, -0.25) is 4.79 Å². The summed E-state index contributed by atoms with van der Waals surface area (Å²) in [7, 11) is 3.50. The summed E-state index contributed by atoms with van der Waals surface area (Å²) in [6.45, 7) is 1.10. The van der Waals surface area contributed by atoms with Gasteiger partial charge in [-0.1, -0.05) is 0 Å². The van der Waals surface area contributed by atoms with Crippen molar-refractivity contribution in [2.24, 2.45) is 5.73 Å². The summed E-state index contributed by atoms with van der Waals surface area (Å²) >= 11 is 0. The minimum Gasteiger partial charge on any atom is -0.349 e. The van der Waals surface area contributed by atoms with E-state index in [1.807, 2.05) is 4.57 Å². The number of nitrogens with zero attached hydrogens (tertiary/aromatic N) is 3. The van der Waals surface area contributed by atoms with Gasteiger partial charge in [-0.15, -0.1) is 0 Å². The second-order valence-corrected chi connectivity index (χ2v) is 3.32. The Balaban J connectivity index is 2.49. The van der Waals surface area contributed by atoms with Crippen molar-refractivity contribution < 1.29 is 4.79 Å². The van der Waals surface area contributed by atoms with Crippen LogP contribution in [0.5, 0.6) is 0 Å². The van der Waals surface area contributed by atoms with E-state index in [4.69, 9.17) is 5.73 Å². The highest BCUT2D eigenvalue weighted by Gasteiger charge is 2.05. The summed E-state index contributed by atoms with van der Waals surface area (Å²) in [6.07, 6.45) is 3.90. The predicted molar refractivity (Wildman–Crippen MR) is 53.4 cm³/mol. The van der Waals surface area contributed by atoms with E-state index in [9.17, 15) is 4.79 Å². The molecule has 14 heavy (non-hydrogen) atoms. The molecule has 0 aromatic carbocycles. The molecule has 1 rings (SSSR count). The molecule has 5 nitrogen and oxygen atoms in total. The highest BCUT2D eigenvalue weighted by Crippen LogP contribution is 2.00. The van der Waals surface area contributed by atoms with E-state index in [0.717, 1.165) is 5.69 Å². The first-order valence-corrected chi connectivity index (χ1v) is 4.54. The lowest BCUT2D eigenvalue weighted by atomic mass is 10.3. The van der Waals surface area contributed by atoms with E-state index in [2.05, 4.69) is 4.98 Å². The molecule has 0 saturated carbocycles. The molecule has 1 aromatic rings. The number of aryl methyl sites for hydroxylation is 1. The molecule has 0 atom stereocenters. The number of hydrogen-bond acceptors (Lipinski definition) is 3.